The molecule has 1 rings (SSSR count). The molecule has 0 spiro atoms. The number of hydrogen-bond acceptors (Lipinski definition) is 1. The maximum absolute atomic E-state index is 6.14. The fourth-order valence-electron chi connectivity index (χ4n) is 2.82. The van der Waals surface area contributed by atoms with Crippen LogP contribution in [0.4, 0.5) is 0 Å². The maximum atomic E-state index is 6.14. The van der Waals surface area contributed by atoms with Crippen LogP contribution in [0.25, 0.3) is 0 Å². The van der Waals surface area contributed by atoms with E-state index in [1.54, 1.807) is 0 Å². The van der Waals surface area contributed by atoms with E-state index in [1.165, 1.54) is 32.1 Å². The first-order chi connectivity index (χ1) is 6.10. The molecule has 0 bridgehead atoms. The van der Waals surface area contributed by atoms with Crippen LogP contribution >= 0.6 is 0 Å². The van der Waals surface area contributed by atoms with E-state index in [4.69, 9.17) is 5.73 Å². The highest BCUT2D eigenvalue weighted by Gasteiger charge is 2.38. The molecule has 0 radical (unpaired) electrons. The Bertz CT molecular complexity index is 166. The quantitative estimate of drug-likeness (QED) is 0.663. The van der Waals surface area contributed by atoms with Gasteiger partial charge < -0.3 is 5.73 Å². The van der Waals surface area contributed by atoms with Gasteiger partial charge in [-0.15, -0.1) is 6.58 Å². The van der Waals surface area contributed by atoms with Crippen molar-refractivity contribution in [3.05, 3.63) is 12.7 Å². The van der Waals surface area contributed by atoms with E-state index in [0.717, 1.165) is 5.92 Å². The van der Waals surface area contributed by atoms with Crippen molar-refractivity contribution >= 4 is 0 Å². The van der Waals surface area contributed by atoms with Gasteiger partial charge in [0.15, 0.2) is 0 Å². The van der Waals surface area contributed by atoms with E-state index in [9.17, 15) is 0 Å². The summed E-state index contributed by atoms with van der Waals surface area (Å²) in [6.07, 6.45) is 8.52. The smallest absolute Gasteiger partial charge is 0.0278 e. The van der Waals surface area contributed by atoms with Crippen molar-refractivity contribution in [2.24, 2.45) is 17.1 Å². The lowest BCUT2D eigenvalue weighted by atomic mass is 9.73. The predicted molar refractivity (Wildman–Crippen MR) is 58.5 cm³/mol. The van der Waals surface area contributed by atoms with E-state index in [0.29, 0.717) is 5.41 Å². The molecule has 0 heterocycles. The van der Waals surface area contributed by atoms with Crippen molar-refractivity contribution in [1.29, 1.82) is 0 Å². The first-order valence-corrected chi connectivity index (χ1v) is 5.49. The van der Waals surface area contributed by atoms with Crippen LogP contribution in [0.15, 0.2) is 12.7 Å². The summed E-state index contributed by atoms with van der Waals surface area (Å²) in [5, 5.41) is 0. The highest BCUT2D eigenvalue weighted by atomic mass is 14.7. The van der Waals surface area contributed by atoms with Crippen LogP contribution in [-0.2, 0) is 0 Å². The second kappa shape index (κ2) is 4.28. The molecule has 76 valence electrons. The molecule has 0 amide bonds. The molecule has 0 aromatic carbocycles. The number of hydrogen-bond donors (Lipinski definition) is 1. The normalized spacial score (nSPS) is 23.4. The summed E-state index contributed by atoms with van der Waals surface area (Å²) < 4.78 is 0. The van der Waals surface area contributed by atoms with E-state index < -0.39 is 0 Å². The Balaban J connectivity index is 2.68. The highest BCUT2D eigenvalue weighted by Crippen LogP contribution is 2.45. The molecule has 13 heavy (non-hydrogen) atoms. The molecule has 1 atom stereocenters. The Morgan fingerprint density at radius 1 is 1.38 bits per heavy atom. The Kier molecular flexibility index (Phi) is 3.55. The van der Waals surface area contributed by atoms with Gasteiger partial charge in [0.05, 0.1) is 0 Å². The van der Waals surface area contributed by atoms with E-state index in [-0.39, 0.29) is 6.04 Å². The topological polar surface area (TPSA) is 26.0 Å². The van der Waals surface area contributed by atoms with Gasteiger partial charge in [0.2, 0.25) is 0 Å². The molecule has 1 aliphatic carbocycles. The minimum atomic E-state index is 0.206. The van der Waals surface area contributed by atoms with Crippen LogP contribution in [0, 0.1) is 11.3 Å². The summed E-state index contributed by atoms with van der Waals surface area (Å²) in [6, 6.07) is 0.206. The maximum Gasteiger partial charge on any atom is 0.0278 e. The van der Waals surface area contributed by atoms with Gasteiger partial charge in [-0.2, -0.15) is 0 Å². The largest absolute Gasteiger partial charge is 0.324 e. The molecule has 0 aliphatic heterocycles. The lowest BCUT2D eigenvalue weighted by molar-refractivity contribution is 0.208. The van der Waals surface area contributed by atoms with Gasteiger partial charge in [-0.05, 0) is 30.6 Å². The minimum Gasteiger partial charge on any atom is -0.324 e. The standard InChI is InChI=1S/C12H23N/c1-4-11(13)12(9-10(2)3)7-5-6-8-12/h4,10-11H,1,5-9,13H2,2-3H3. The van der Waals surface area contributed by atoms with Gasteiger partial charge in [0.25, 0.3) is 0 Å². The van der Waals surface area contributed by atoms with Gasteiger partial charge in [0, 0.05) is 6.04 Å². The monoisotopic (exact) mass is 181 g/mol. The third-order valence-corrected chi connectivity index (χ3v) is 3.38. The lowest BCUT2D eigenvalue weighted by Crippen LogP contribution is -2.39. The van der Waals surface area contributed by atoms with Gasteiger partial charge in [0.1, 0.15) is 0 Å². The van der Waals surface area contributed by atoms with Gasteiger partial charge in [-0.25, -0.2) is 0 Å². The Hall–Kier alpha value is -0.300. The second-order valence-corrected chi connectivity index (χ2v) is 4.93. The van der Waals surface area contributed by atoms with Gasteiger partial charge >= 0.3 is 0 Å². The zero-order chi connectivity index (χ0) is 9.90. The summed E-state index contributed by atoms with van der Waals surface area (Å²) in [4.78, 5) is 0. The molecule has 2 N–H and O–H groups in total. The predicted octanol–water partition coefficient (Wildman–Crippen LogP) is 3.11. The molecule has 1 aliphatic rings. The van der Waals surface area contributed by atoms with Crippen molar-refractivity contribution in [2.75, 3.05) is 0 Å². The third-order valence-electron chi connectivity index (χ3n) is 3.38. The van der Waals surface area contributed by atoms with Crippen LogP contribution in [0.5, 0.6) is 0 Å². The summed E-state index contributed by atoms with van der Waals surface area (Å²) >= 11 is 0. The second-order valence-electron chi connectivity index (χ2n) is 4.93. The molecule has 0 aromatic rings. The first kappa shape index (κ1) is 10.8. The molecule has 1 nitrogen and oxygen atoms in total. The van der Waals surface area contributed by atoms with Crippen LogP contribution in [0.2, 0.25) is 0 Å². The van der Waals surface area contributed by atoms with E-state index >= 15 is 0 Å². The molecule has 0 saturated heterocycles. The minimum absolute atomic E-state index is 0.206. The van der Waals surface area contributed by atoms with Crippen molar-refractivity contribution in [3.63, 3.8) is 0 Å². The van der Waals surface area contributed by atoms with Crippen LogP contribution in [-0.4, -0.2) is 6.04 Å². The summed E-state index contributed by atoms with van der Waals surface area (Å²) in [5.41, 5.74) is 6.53. The number of rotatable bonds is 4. The van der Waals surface area contributed by atoms with Crippen molar-refractivity contribution in [3.8, 4) is 0 Å². The average molecular weight is 181 g/mol. The first-order valence-electron chi connectivity index (χ1n) is 5.49. The van der Waals surface area contributed by atoms with Gasteiger partial charge in [-0.1, -0.05) is 32.8 Å². The van der Waals surface area contributed by atoms with Crippen molar-refractivity contribution in [2.45, 2.75) is 52.0 Å². The molecule has 1 heteroatoms. The fraction of sp³-hybridized carbons (Fsp3) is 0.833. The molecule has 1 fully saturated rings. The van der Waals surface area contributed by atoms with Gasteiger partial charge in [-0.3, -0.25) is 0 Å². The summed E-state index contributed by atoms with van der Waals surface area (Å²) in [6.45, 7) is 8.41. The van der Waals surface area contributed by atoms with Crippen molar-refractivity contribution < 1.29 is 0 Å². The zero-order valence-corrected chi connectivity index (χ0v) is 9.05. The van der Waals surface area contributed by atoms with Crippen LogP contribution in [0.3, 0.4) is 0 Å². The highest BCUT2D eigenvalue weighted by molar-refractivity contribution is 5.01. The van der Waals surface area contributed by atoms with E-state index in [1.807, 2.05) is 6.08 Å². The lowest BCUT2D eigenvalue weighted by Gasteiger charge is -2.35. The Morgan fingerprint density at radius 2 is 1.92 bits per heavy atom. The molecule has 1 unspecified atom stereocenters. The molecule has 0 aromatic heterocycles. The Labute approximate surface area is 82.4 Å². The van der Waals surface area contributed by atoms with Crippen molar-refractivity contribution in [1.82, 2.24) is 0 Å². The molecular weight excluding hydrogens is 158 g/mol. The molecular formula is C12H23N. The fourth-order valence-corrected chi connectivity index (χ4v) is 2.82. The zero-order valence-electron chi connectivity index (χ0n) is 9.05. The SMILES string of the molecule is C=CC(N)C1(CC(C)C)CCCC1. The molecule has 1 saturated carbocycles. The Morgan fingerprint density at radius 3 is 2.31 bits per heavy atom. The van der Waals surface area contributed by atoms with Crippen LogP contribution < -0.4 is 5.73 Å². The number of nitrogens with two attached hydrogens (primary N) is 1. The van der Waals surface area contributed by atoms with Crippen LogP contribution in [0.1, 0.15) is 46.0 Å². The summed E-state index contributed by atoms with van der Waals surface area (Å²) in [5.74, 6) is 0.754. The third kappa shape index (κ3) is 2.34. The summed E-state index contributed by atoms with van der Waals surface area (Å²) in [7, 11) is 0. The average Bonchev–Trinajstić information content (AvgIpc) is 2.51. The van der Waals surface area contributed by atoms with E-state index in [2.05, 4.69) is 20.4 Å².